The molecular weight excluding hydrogens is 254 g/mol. The molecule has 0 saturated heterocycles. The number of thiazole rings is 1. The maximum absolute atomic E-state index is 12.2. The third kappa shape index (κ3) is 2.56. The van der Waals surface area contributed by atoms with Gasteiger partial charge < -0.3 is 0 Å². The number of hydrogen-bond donors (Lipinski definition) is 0. The second kappa shape index (κ2) is 4.94. The Bertz CT molecular complexity index is 745. The van der Waals surface area contributed by atoms with Crippen molar-refractivity contribution in [3.05, 3.63) is 64.1 Å². The molecule has 0 amide bonds. The molecule has 0 N–H and O–H groups in total. The Balaban J connectivity index is 1.89. The highest BCUT2D eigenvalue weighted by Gasteiger charge is 2.09. The van der Waals surface area contributed by atoms with Crippen LogP contribution in [0.5, 0.6) is 0 Å². The largest absolute Gasteiger partial charge is 0.294 e. The van der Waals surface area contributed by atoms with Gasteiger partial charge in [0.2, 0.25) is 0 Å². The molecule has 0 aliphatic carbocycles. The van der Waals surface area contributed by atoms with Gasteiger partial charge in [0.15, 0.2) is 5.78 Å². The van der Waals surface area contributed by atoms with Crippen LogP contribution in [0.25, 0.3) is 10.8 Å². The maximum Gasteiger partial charge on any atom is 0.168 e. The molecule has 0 unspecified atom stereocenters. The summed E-state index contributed by atoms with van der Waals surface area (Å²) in [4.78, 5) is 16.6. The van der Waals surface area contributed by atoms with E-state index in [0.29, 0.717) is 6.42 Å². The summed E-state index contributed by atoms with van der Waals surface area (Å²) in [5.74, 6) is 0.121. The molecule has 2 nitrogen and oxygen atoms in total. The summed E-state index contributed by atoms with van der Waals surface area (Å²) < 4.78 is 0. The first-order valence-electron chi connectivity index (χ1n) is 6.15. The van der Waals surface area contributed by atoms with Crippen LogP contribution in [-0.4, -0.2) is 10.8 Å². The minimum Gasteiger partial charge on any atom is -0.294 e. The lowest BCUT2D eigenvalue weighted by atomic mass is 10.0. The fraction of sp³-hybridized carbons (Fsp3) is 0.125. The lowest BCUT2D eigenvalue weighted by molar-refractivity contribution is 0.0992. The average molecular weight is 267 g/mol. The van der Waals surface area contributed by atoms with Crippen LogP contribution >= 0.6 is 11.3 Å². The average Bonchev–Trinajstić information content (AvgIpc) is 2.83. The van der Waals surface area contributed by atoms with Gasteiger partial charge in [-0.25, -0.2) is 4.98 Å². The molecule has 3 heteroatoms. The van der Waals surface area contributed by atoms with E-state index in [1.54, 1.807) is 11.3 Å². The summed E-state index contributed by atoms with van der Waals surface area (Å²) in [5, 5.41) is 5.21. The number of aromatic nitrogens is 1. The van der Waals surface area contributed by atoms with E-state index in [2.05, 4.69) is 4.98 Å². The zero-order valence-corrected chi connectivity index (χ0v) is 11.4. The summed E-state index contributed by atoms with van der Waals surface area (Å²) in [6.07, 6.45) is 0.378. The predicted octanol–water partition coefficient (Wildman–Crippen LogP) is 4.03. The molecule has 19 heavy (non-hydrogen) atoms. The number of aryl methyl sites for hydroxylation is 1. The maximum atomic E-state index is 12.2. The molecule has 0 fully saturated rings. The molecule has 94 valence electrons. The fourth-order valence-corrected chi connectivity index (χ4v) is 2.73. The fourth-order valence-electron chi connectivity index (χ4n) is 2.12. The zero-order valence-electron chi connectivity index (χ0n) is 10.6. The highest BCUT2D eigenvalue weighted by molar-refractivity contribution is 7.09. The molecule has 0 atom stereocenters. The third-order valence-corrected chi connectivity index (χ3v) is 3.90. The van der Waals surface area contributed by atoms with Crippen molar-refractivity contribution in [1.82, 2.24) is 4.98 Å². The topological polar surface area (TPSA) is 30.0 Å². The van der Waals surface area contributed by atoms with Crippen molar-refractivity contribution in [2.45, 2.75) is 13.3 Å². The highest BCUT2D eigenvalue weighted by atomic mass is 32.1. The van der Waals surface area contributed by atoms with Crippen LogP contribution in [0.3, 0.4) is 0 Å². The first-order valence-corrected chi connectivity index (χ1v) is 7.03. The number of carbonyl (C=O) groups excluding carboxylic acids is 1. The summed E-state index contributed by atoms with van der Waals surface area (Å²) in [6, 6.07) is 13.9. The molecular formula is C16H13NOS. The minimum absolute atomic E-state index is 0.121. The van der Waals surface area contributed by atoms with Crippen molar-refractivity contribution >= 4 is 27.9 Å². The molecule has 0 radical (unpaired) electrons. The summed E-state index contributed by atoms with van der Waals surface area (Å²) >= 11 is 1.58. The number of rotatable bonds is 3. The van der Waals surface area contributed by atoms with Crippen LogP contribution in [-0.2, 0) is 6.42 Å². The molecule has 0 aliphatic heterocycles. The molecule has 1 aromatic heterocycles. The number of benzene rings is 2. The summed E-state index contributed by atoms with van der Waals surface area (Å²) in [5.41, 5.74) is 1.62. The van der Waals surface area contributed by atoms with Gasteiger partial charge in [-0.2, -0.15) is 0 Å². The summed E-state index contributed by atoms with van der Waals surface area (Å²) in [6.45, 7) is 1.95. The standard InChI is InChI=1S/C16H13NOS/c1-11-17-15(10-19-11)9-16(18)14-7-6-12-4-2-3-5-13(12)8-14/h2-8,10H,9H2,1H3. The van der Waals surface area contributed by atoms with E-state index in [4.69, 9.17) is 0 Å². The van der Waals surface area contributed by atoms with Crippen molar-refractivity contribution in [3.8, 4) is 0 Å². The number of hydrogen-bond acceptors (Lipinski definition) is 3. The van der Waals surface area contributed by atoms with Crippen LogP contribution in [0.4, 0.5) is 0 Å². The smallest absolute Gasteiger partial charge is 0.168 e. The van der Waals surface area contributed by atoms with Gasteiger partial charge >= 0.3 is 0 Å². The van der Waals surface area contributed by atoms with Gasteiger partial charge in [0.25, 0.3) is 0 Å². The van der Waals surface area contributed by atoms with Crippen molar-refractivity contribution in [3.63, 3.8) is 0 Å². The molecule has 0 saturated carbocycles. The van der Waals surface area contributed by atoms with E-state index >= 15 is 0 Å². The van der Waals surface area contributed by atoms with E-state index in [1.807, 2.05) is 54.8 Å². The van der Waals surface area contributed by atoms with E-state index in [9.17, 15) is 4.79 Å². The van der Waals surface area contributed by atoms with Crippen LogP contribution in [0.2, 0.25) is 0 Å². The van der Waals surface area contributed by atoms with Crippen LogP contribution in [0.15, 0.2) is 47.8 Å². The SMILES string of the molecule is Cc1nc(CC(=O)c2ccc3ccccc3c2)cs1. The first-order chi connectivity index (χ1) is 9.22. The first kappa shape index (κ1) is 12.1. The normalized spacial score (nSPS) is 10.8. The molecule has 1 heterocycles. The zero-order chi connectivity index (χ0) is 13.2. The minimum atomic E-state index is 0.121. The van der Waals surface area contributed by atoms with Crippen LogP contribution < -0.4 is 0 Å². The Hall–Kier alpha value is -2.00. The van der Waals surface area contributed by atoms with Crippen LogP contribution in [0, 0.1) is 6.92 Å². The van der Waals surface area contributed by atoms with Crippen molar-refractivity contribution in [2.24, 2.45) is 0 Å². The Morgan fingerprint density at radius 3 is 2.68 bits per heavy atom. The number of nitrogens with zero attached hydrogens (tertiary/aromatic N) is 1. The molecule has 3 rings (SSSR count). The Labute approximate surface area is 115 Å². The lowest BCUT2D eigenvalue weighted by Crippen LogP contribution is -2.03. The molecule has 3 aromatic rings. The highest BCUT2D eigenvalue weighted by Crippen LogP contribution is 2.17. The monoisotopic (exact) mass is 267 g/mol. The van der Waals surface area contributed by atoms with Gasteiger partial charge in [-0.05, 0) is 23.8 Å². The number of Topliss-reactive ketones (excluding diaryl/α,β-unsaturated/α-hetero) is 1. The van der Waals surface area contributed by atoms with Gasteiger partial charge in [0.05, 0.1) is 17.1 Å². The van der Waals surface area contributed by atoms with Gasteiger partial charge in [-0.1, -0.05) is 36.4 Å². The quantitative estimate of drug-likeness (QED) is 0.671. The van der Waals surface area contributed by atoms with Gasteiger partial charge in [-0.15, -0.1) is 11.3 Å². The van der Waals surface area contributed by atoms with Crippen molar-refractivity contribution in [1.29, 1.82) is 0 Å². The molecule has 2 aromatic carbocycles. The third-order valence-electron chi connectivity index (χ3n) is 3.08. The van der Waals surface area contributed by atoms with E-state index in [-0.39, 0.29) is 5.78 Å². The van der Waals surface area contributed by atoms with Gasteiger partial charge in [-0.3, -0.25) is 4.79 Å². The molecule has 0 spiro atoms. The van der Waals surface area contributed by atoms with E-state index in [1.165, 1.54) is 0 Å². The van der Waals surface area contributed by atoms with E-state index < -0.39 is 0 Å². The molecule has 0 bridgehead atoms. The number of fused-ring (bicyclic) bond motifs is 1. The number of ketones is 1. The van der Waals surface area contributed by atoms with Crippen LogP contribution in [0.1, 0.15) is 21.1 Å². The Kier molecular flexibility index (Phi) is 3.13. The van der Waals surface area contributed by atoms with Gasteiger partial charge in [0.1, 0.15) is 0 Å². The second-order valence-corrected chi connectivity index (χ2v) is 5.58. The van der Waals surface area contributed by atoms with Crippen molar-refractivity contribution in [2.75, 3.05) is 0 Å². The molecule has 0 aliphatic rings. The lowest BCUT2D eigenvalue weighted by Gasteiger charge is -2.02. The van der Waals surface area contributed by atoms with Crippen molar-refractivity contribution < 1.29 is 4.79 Å². The second-order valence-electron chi connectivity index (χ2n) is 4.52. The Morgan fingerprint density at radius 1 is 1.16 bits per heavy atom. The number of carbonyl (C=O) groups is 1. The van der Waals surface area contributed by atoms with Gasteiger partial charge in [0, 0.05) is 10.9 Å². The Morgan fingerprint density at radius 2 is 1.95 bits per heavy atom. The predicted molar refractivity (Wildman–Crippen MR) is 78.8 cm³/mol. The summed E-state index contributed by atoms with van der Waals surface area (Å²) in [7, 11) is 0. The van der Waals surface area contributed by atoms with E-state index in [0.717, 1.165) is 27.0 Å².